The van der Waals surface area contributed by atoms with Gasteiger partial charge in [-0.05, 0) is 54.6 Å². The summed E-state index contributed by atoms with van der Waals surface area (Å²) in [5, 5.41) is 9.49. The SMILES string of the molecule is COc1cc2nc(Nc3ccc(C(F)(F)F)cc3)nc(Nc3ccc(NC(C)=O)cc3)c2cc1OC. The topological polar surface area (TPSA) is 97.4 Å². The first-order valence-electron chi connectivity index (χ1n) is 10.7. The Hall–Kier alpha value is -4.54. The second kappa shape index (κ2) is 9.98. The molecule has 1 heterocycles. The highest BCUT2D eigenvalue weighted by Gasteiger charge is 2.30. The summed E-state index contributed by atoms with van der Waals surface area (Å²) >= 11 is 0. The highest BCUT2D eigenvalue weighted by molar-refractivity contribution is 5.94. The lowest BCUT2D eigenvalue weighted by Crippen LogP contribution is -2.06. The summed E-state index contributed by atoms with van der Waals surface area (Å²) in [6.45, 7) is 1.42. The number of carbonyl (C=O) groups is 1. The summed E-state index contributed by atoms with van der Waals surface area (Å²) in [4.78, 5) is 20.3. The first kappa shape index (κ1) is 24.6. The van der Waals surface area contributed by atoms with Crippen LogP contribution >= 0.6 is 0 Å². The predicted molar refractivity (Wildman–Crippen MR) is 131 cm³/mol. The molecule has 0 atom stereocenters. The highest BCUT2D eigenvalue weighted by Crippen LogP contribution is 2.36. The Bertz CT molecular complexity index is 1390. The molecule has 0 fully saturated rings. The fourth-order valence-corrected chi connectivity index (χ4v) is 3.46. The maximum absolute atomic E-state index is 12.9. The standard InChI is InChI=1S/C25H22F3N5O3/c1-14(34)29-16-8-10-17(11-9-16)30-23-19-12-21(35-2)22(36-3)13-20(19)32-24(33-23)31-18-6-4-15(5-7-18)25(26,27)28/h4-13H,1-3H3,(H,29,34)(H2,30,31,32,33). The average molecular weight is 497 g/mol. The Morgan fingerprint density at radius 1 is 0.806 bits per heavy atom. The summed E-state index contributed by atoms with van der Waals surface area (Å²) in [6.07, 6.45) is -4.43. The third-order valence-corrected chi connectivity index (χ3v) is 5.14. The number of amides is 1. The molecule has 8 nitrogen and oxygen atoms in total. The van der Waals surface area contributed by atoms with E-state index in [0.717, 1.165) is 12.1 Å². The van der Waals surface area contributed by atoms with Crippen molar-refractivity contribution in [3.63, 3.8) is 0 Å². The van der Waals surface area contributed by atoms with Crippen LogP contribution in [0.1, 0.15) is 12.5 Å². The van der Waals surface area contributed by atoms with Gasteiger partial charge < -0.3 is 25.4 Å². The molecule has 3 N–H and O–H groups in total. The van der Waals surface area contributed by atoms with Crippen LogP contribution in [0.2, 0.25) is 0 Å². The lowest BCUT2D eigenvalue weighted by atomic mass is 10.2. The molecule has 0 saturated heterocycles. The molecule has 1 aromatic heterocycles. The van der Waals surface area contributed by atoms with Gasteiger partial charge in [0.15, 0.2) is 11.5 Å². The Morgan fingerprint density at radius 2 is 1.36 bits per heavy atom. The van der Waals surface area contributed by atoms with Crippen LogP contribution in [0, 0.1) is 0 Å². The number of ether oxygens (including phenoxy) is 2. The monoisotopic (exact) mass is 497 g/mol. The number of benzene rings is 3. The van der Waals surface area contributed by atoms with Gasteiger partial charge >= 0.3 is 6.18 Å². The van der Waals surface area contributed by atoms with Crippen molar-refractivity contribution in [3.05, 3.63) is 66.2 Å². The molecule has 0 aliphatic rings. The van der Waals surface area contributed by atoms with E-state index < -0.39 is 11.7 Å². The normalized spacial score (nSPS) is 11.2. The number of carbonyl (C=O) groups excluding carboxylic acids is 1. The van der Waals surface area contributed by atoms with Crippen LogP contribution < -0.4 is 25.4 Å². The molecule has 0 unspecified atom stereocenters. The minimum absolute atomic E-state index is 0.159. The number of methoxy groups -OCH3 is 2. The van der Waals surface area contributed by atoms with Gasteiger partial charge in [0.1, 0.15) is 5.82 Å². The molecule has 36 heavy (non-hydrogen) atoms. The van der Waals surface area contributed by atoms with E-state index in [9.17, 15) is 18.0 Å². The van der Waals surface area contributed by atoms with E-state index in [1.807, 2.05) is 0 Å². The van der Waals surface area contributed by atoms with Crippen LogP contribution in [0.15, 0.2) is 60.7 Å². The zero-order valence-electron chi connectivity index (χ0n) is 19.5. The molecule has 0 aliphatic carbocycles. The molecular weight excluding hydrogens is 475 g/mol. The fraction of sp³-hybridized carbons (Fsp3) is 0.160. The van der Waals surface area contributed by atoms with Gasteiger partial charge in [0.2, 0.25) is 11.9 Å². The Morgan fingerprint density at radius 3 is 1.94 bits per heavy atom. The van der Waals surface area contributed by atoms with Crippen molar-refractivity contribution < 1.29 is 27.4 Å². The van der Waals surface area contributed by atoms with E-state index in [4.69, 9.17) is 9.47 Å². The number of fused-ring (bicyclic) bond motifs is 1. The highest BCUT2D eigenvalue weighted by atomic mass is 19.4. The summed E-state index contributed by atoms with van der Waals surface area (Å²) in [5.41, 5.74) is 1.45. The number of rotatable bonds is 7. The molecule has 186 valence electrons. The quantitative estimate of drug-likeness (QED) is 0.283. The maximum Gasteiger partial charge on any atom is 0.416 e. The first-order valence-corrected chi connectivity index (χ1v) is 10.7. The summed E-state index contributed by atoms with van der Waals surface area (Å²) < 4.78 is 49.5. The Kier molecular flexibility index (Phi) is 6.82. The molecule has 0 aliphatic heterocycles. The smallest absolute Gasteiger partial charge is 0.416 e. The zero-order chi connectivity index (χ0) is 25.9. The van der Waals surface area contributed by atoms with E-state index in [1.165, 1.54) is 33.3 Å². The largest absolute Gasteiger partial charge is 0.493 e. The van der Waals surface area contributed by atoms with Gasteiger partial charge in [0.05, 0.1) is 25.3 Å². The fourth-order valence-electron chi connectivity index (χ4n) is 3.46. The van der Waals surface area contributed by atoms with Gasteiger partial charge in [0.25, 0.3) is 0 Å². The molecule has 0 bridgehead atoms. The van der Waals surface area contributed by atoms with Crippen molar-refractivity contribution in [1.29, 1.82) is 0 Å². The van der Waals surface area contributed by atoms with E-state index in [0.29, 0.717) is 45.3 Å². The molecular formula is C25H22F3N5O3. The van der Waals surface area contributed by atoms with Crippen LogP contribution in [-0.4, -0.2) is 30.1 Å². The molecule has 0 radical (unpaired) electrons. The van der Waals surface area contributed by atoms with Gasteiger partial charge in [0, 0.05) is 35.4 Å². The van der Waals surface area contributed by atoms with Gasteiger partial charge in [-0.2, -0.15) is 18.2 Å². The summed E-state index contributed by atoms with van der Waals surface area (Å²) in [6, 6.07) is 15.0. The number of alkyl halides is 3. The Labute approximate surface area is 204 Å². The second-order valence-corrected chi connectivity index (χ2v) is 7.70. The molecule has 4 rings (SSSR count). The zero-order valence-corrected chi connectivity index (χ0v) is 19.5. The van der Waals surface area contributed by atoms with Gasteiger partial charge in [-0.1, -0.05) is 0 Å². The van der Waals surface area contributed by atoms with E-state index in [2.05, 4.69) is 25.9 Å². The molecule has 3 aromatic carbocycles. The number of hydrogen-bond donors (Lipinski definition) is 3. The predicted octanol–water partition coefficient (Wildman–Crippen LogP) is 6.11. The van der Waals surface area contributed by atoms with Gasteiger partial charge in [-0.25, -0.2) is 4.98 Å². The lowest BCUT2D eigenvalue weighted by Gasteiger charge is -2.15. The molecule has 0 spiro atoms. The molecule has 0 saturated carbocycles. The number of aromatic nitrogens is 2. The first-order chi connectivity index (χ1) is 17.2. The van der Waals surface area contributed by atoms with Gasteiger partial charge in [-0.3, -0.25) is 4.79 Å². The van der Waals surface area contributed by atoms with Crippen LogP contribution in [0.3, 0.4) is 0 Å². The average Bonchev–Trinajstić information content (AvgIpc) is 2.84. The van der Waals surface area contributed by atoms with E-state index in [1.54, 1.807) is 36.4 Å². The third-order valence-electron chi connectivity index (χ3n) is 5.14. The van der Waals surface area contributed by atoms with Crippen LogP contribution in [0.25, 0.3) is 10.9 Å². The van der Waals surface area contributed by atoms with Crippen molar-refractivity contribution in [2.24, 2.45) is 0 Å². The summed E-state index contributed by atoms with van der Waals surface area (Å²) in [5.74, 6) is 1.32. The minimum Gasteiger partial charge on any atom is -0.493 e. The van der Waals surface area contributed by atoms with Crippen molar-refractivity contribution in [2.45, 2.75) is 13.1 Å². The minimum atomic E-state index is -4.43. The number of nitrogens with zero attached hydrogens (tertiary/aromatic N) is 2. The molecule has 1 amide bonds. The van der Waals surface area contributed by atoms with Gasteiger partial charge in [-0.15, -0.1) is 0 Å². The van der Waals surface area contributed by atoms with Crippen LogP contribution in [0.5, 0.6) is 11.5 Å². The van der Waals surface area contributed by atoms with Crippen LogP contribution in [0.4, 0.5) is 42.0 Å². The lowest BCUT2D eigenvalue weighted by molar-refractivity contribution is -0.137. The van der Waals surface area contributed by atoms with Crippen LogP contribution in [-0.2, 0) is 11.0 Å². The Balaban J connectivity index is 1.73. The van der Waals surface area contributed by atoms with Crippen molar-refractivity contribution in [2.75, 3.05) is 30.2 Å². The maximum atomic E-state index is 12.9. The number of nitrogens with one attached hydrogen (secondary N) is 3. The van der Waals surface area contributed by atoms with E-state index >= 15 is 0 Å². The third kappa shape index (κ3) is 5.57. The summed E-state index contributed by atoms with van der Waals surface area (Å²) in [7, 11) is 3.01. The molecule has 4 aromatic rings. The second-order valence-electron chi connectivity index (χ2n) is 7.70. The number of anilines is 5. The number of halogens is 3. The van der Waals surface area contributed by atoms with Crippen molar-refractivity contribution in [3.8, 4) is 11.5 Å². The van der Waals surface area contributed by atoms with Crippen molar-refractivity contribution in [1.82, 2.24) is 9.97 Å². The molecule has 11 heteroatoms. The number of hydrogen-bond acceptors (Lipinski definition) is 7. The van der Waals surface area contributed by atoms with E-state index in [-0.39, 0.29) is 11.9 Å². The van der Waals surface area contributed by atoms with Crippen molar-refractivity contribution >= 4 is 45.6 Å².